The van der Waals surface area contributed by atoms with E-state index in [1.165, 1.54) is 17.1 Å². The number of hydrogen-bond acceptors (Lipinski definition) is 6. The number of guanidine groups is 1. The van der Waals surface area contributed by atoms with Crippen LogP contribution in [-0.4, -0.2) is 66.6 Å². The molecular formula is C19H29IN6OS. The number of nitrogens with one attached hydrogen (secondary N) is 1. The second-order valence-electron chi connectivity index (χ2n) is 6.46. The Balaban J connectivity index is 0.00000280. The molecule has 2 aromatic rings. The van der Waals surface area contributed by atoms with Gasteiger partial charge in [-0.3, -0.25) is 4.99 Å². The standard InChI is InChI=1S/C19H28N6OS.HI/c1-4-17-22-19(27-23-17)25-11-9-24(10-12-25)18(20-3)21-8-13-26-16-7-5-6-15(2)14-16;/h5-7,14H,4,8-13H2,1-3H3,(H,20,21);1H. The van der Waals surface area contributed by atoms with E-state index < -0.39 is 0 Å². The molecule has 1 aliphatic rings. The van der Waals surface area contributed by atoms with Gasteiger partial charge in [0.2, 0.25) is 5.13 Å². The van der Waals surface area contributed by atoms with Crippen LogP contribution in [0.15, 0.2) is 29.3 Å². The summed E-state index contributed by atoms with van der Waals surface area (Å²) in [4.78, 5) is 13.6. The zero-order valence-corrected chi connectivity index (χ0v) is 19.9. The van der Waals surface area contributed by atoms with Gasteiger partial charge in [-0.2, -0.15) is 4.37 Å². The van der Waals surface area contributed by atoms with Gasteiger partial charge < -0.3 is 19.9 Å². The Morgan fingerprint density at radius 3 is 2.71 bits per heavy atom. The van der Waals surface area contributed by atoms with Crippen LogP contribution < -0.4 is 15.0 Å². The molecule has 0 amide bonds. The number of aliphatic imine (C=N–C) groups is 1. The molecule has 28 heavy (non-hydrogen) atoms. The molecule has 1 aliphatic heterocycles. The maximum atomic E-state index is 5.80. The van der Waals surface area contributed by atoms with Crippen molar-refractivity contribution >= 4 is 46.6 Å². The summed E-state index contributed by atoms with van der Waals surface area (Å²) in [6.45, 7) is 9.17. The molecule has 7 nitrogen and oxygen atoms in total. The molecule has 1 N–H and O–H groups in total. The average molecular weight is 516 g/mol. The van der Waals surface area contributed by atoms with Crippen molar-refractivity contribution in [3.63, 3.8) is 0 Å². The maximum Gasteiger partial charge on any atom is 0.205 e. The number of nitrogens with zero attached hydrogens (tertiary/aromatic N) is 5. The van der Waals surface area contributed by atoms with Crippen molar-refractivity contribution < 1.29 is 4.74 Å². The number of rotatable bonds is 6. The molecule has 3 rings (SSSR count). The second kappa shape index (κ2) is 11.4. The zero-order chi connectivity index (χ0) is 19.1. The van der Waals surface area contributed by atoms with Gasteiger partial charge in [0.05, 0.1) is 6.54 Å². The topological polar surface area (TPSA) is 65.9 Å². The molecule has 0 radical (unpaired) electrons. The summed E-state index contributed by atoms with van der Waals surface area (Å²) in [6, 6.07) is 8.11. The van der Waals surface area contributed by atoms with E-state index in [2.05, 4.69) is 49.4 Å². The lowest BCUT2D eigenvalue weighted by Crippen LogP contribution is -2.53. The monoisotopic (exact) mass is 516 g/mol. The molecule has 1 saturated heterocycles. The van der Waals surface area contributed by atoms with Crippen LogP contribution in [0.4, 0.5) is 5.13 Å². The predicted octanol–water partition coefficient (Wildman–Crippen LogP) is 2.80. The number of aromatic nitrogens is 2. The Bertz CT molecular complexity index is 760. The zero-order valence-electron chi connectivity index (χ0n) is 16.7. The largest absolute Gasteiger partial charge is 0.492 e. The van der Waals surface area contributed by atoms with E-state index in [0.29, 0.717) is 6.61 Å². The van der Waals surface area contributed by atoms with Gasteiger partial charge in [0.1, 0.15) is 18.2 Å². The molecule has 0 spiro atoms. The molecule has 0 aliphatic carbocycles. The number of halogens is 1. The first-order valence-electron chi connectivity index (χ1n) is 9.42. The van der Waals surface area contributed by atoms with Gasteiger partial charge in [-0.05, 0) is 24.6 Å². The van der Waals surface area contributed by atoms with Crippen LogP contribution in [0.3, 0.4) is 0 Å². The van der Waals surface area contributed by atoms with Crippen molar-refractivity contribution in [1.82, 2.24) is 19.6 Å². The lowest BCUT2D eigenvalue weighted by atomic mass is 10.2. The lowest BCUT2D eigenvalue weighted by molar-refractivity contribution is 0.315. The van der Waals surface area contributed by atoms with Gasteiger partial charge in [-0.25, -0.2) is 4.98 Å². The quantitative estimate of drug-likeness (QED) is 0.276. The normalized spacial score (nSPS) is 14.6. The molecule has 0 unspecified atom stereocenters. The molecule has 9 heteroatoms. The number of piperazine rings is 1. The molecule has 0 atom stereocenters. The summed E-state index contributed by atoms with van der Waals surface area (Å²) in [5, 5.41) is 4.43. The van der Waals surface area contributed by atoms with Gasteiger partial charge in [0, 0.05) is 51.2 Å². The van der Waals surface area contributed by atoms with Gasteiger partial charge in [-0.1, -0.05) is 19.1 Å². The fraction of sp³-hybridized carbons (Fsp3) is 0.526. The first-order valence-corrected chi connectivity index (χ1v) is 10.2. The molecular weight excluding hydrogens is 487 g/mol. The van der Waals surface area contributed by atoms with Crippen molar-refractivity contribution in [3.05, 3.63) is 35.7 Å². The Labute approximate surface area is 188 Å². The Hall–Kier alpha value is -1.62. The van der Waals surface area contributed by atoms with E-state index >= 15 is 0 Å². The maximum absolute atomic E-state index is 5.80. The average Bonchev–Trinajstić information content (AvgIpc) is 3.18. The first-order chi connectivity index (χ1) is 13.2. The number of benzene rings is 1. The van der Waals surface area contributed by atoms with Crippen LogP contribution in [0.5, 0.6) is 5.75 Å². The van der Waals surface area contributed by atoms with Crippen molar-refractivity contribution in [2.75, 3.05) is 51.3 Å². The van der Waals surface area contributed by atoms with Crippen molar-refractivity contribution in [1.29, 1.82) is 0 Å². The van der Waals surface area contributed by atoms with Crippen LogP contribution in [0, 0.1) is 6.92 Å². The lowest BCUT2D eigenvalue weighted by Gasteiger charge is -2.36. The van der Waals surface area contributed by atoms with Crippen molar-refractivity contribution in [3.8, 4) is 5.75 Å². The second-order valence-corrected chi connectivity index (χ2v) is 7.19. The van der Waals surface area contributed by atoms with E-state index in [0.717, 1.165) is 61.8 Å². The SMILES string of the molecule is CCc1nsc(N2CCN(C(=NC)NCCOc3cccc(C)c3)CC2)n1.I. The molecule has 1 aromatic heterocycles. The smallest absolute Gasteiger partial charge is 0.205 e. The van der Waals surface area contributed by atoms with E-state index in [4.69, 9.17) is 4.74 Å². The van der Waals surface area contributed by atoms with Crippen molar-refractivity contribution in [2.45, 2.75) is 20.3 Å². The fourth-order valence-corrected chi connectivity index (χ4v) is 3.80. The minimum Gasteiger partial charge on any atom is -0.492 e. The minimum absolute atomic E-state index is 0. The summed E-state index contributed by atoms with van der Waals surface area (Å²) >= 11 is 1.50. The third-order valence-electron chi connectivity index (χ3n) is 4.48. The summed E-state index contributed by atoms with van der Waals surface area (Å²) in [6.07, 6.45) is 0.887. The van der Waals surface area contributed by atoms with E-state index in [1.807, 2.05) is 25.2 Å². The molecule has 1 aromatic carbocycles. The highest BCUT2D eigenvalue weighted by molar-refractivity contribution is 14.0. The number of anilines is 1. The molecule has 0 bridgehead atoms. The first kappa shape index (κ1) is 22.7. The summed E-state index contributed by atoms with van der Waals surface area (Å²) in [5.41, 5.74) is 1.20. The van der Waals surface area contributed by atoms with Crippen LogP contribution >= 0.6 is 35.5 Å². The Morgan fingerprint density at radius 1 is 1.29 bits per heavy atom. The summed E-state index contributed by atoms with van der Waals surface area (Å²) in [7, 11) is 1.83. The third-order valence-corrected chi connectivity index (χ3v) is 5.29. The third kappa shape index (κ3) is 6.20. The van der Waals surface area contributed by atoms with E-state index in [9.17, 15) is 0 Å². The van der Waals surface area contributed by atoms with Crippen LogP contribution in [0.1, 0.15) is 18.3 Å². The van der Waals surface area contributed by atoms with Crippen LogP contribution in [0.25, 0.3) is 0 Å². The van der Waals surface area contributed by atoms with Crippen LogP contribution in [0.2, 0.25) is 0 Å². The highest BCUT2D eigenvalue weighted by atomic mass is 127. The number of hydrogen-bond donors (Lipinski definition) is 1. The summed E-state index contributed by atoms with van der Waals surface area (Å²) in [5.74, 6) is 2.77. The fourth-order valence-electron chi connectivity index (χ4n) is 3.00. The number of ether oxygens (including phenoxy) is 1. The summed E-state index contributed by atoms with van der Waals surface area (Å²) < 4.78 is 10.2. The molecule has 154 valence electrons. The highest BCUT2D eigenvalue weighted by Crippen LogP contribution is 2.19. The Morgan fingerprint density at radius 2 is 2.07 bits per heavy atom. The van der Waals surface area contributed by atoms with Crippen LogP contribution in [-0.2, 0) is 6.42 Å². The molecule has 0 saturated carbocycles. The Kier molecular flexibility index (Phi) is 9.23. The van der Waals surface area contributed by atoms with Gasteiger partial charge in [0.25, 0.3) is 0 Å². The minimum atomic E-state index is 0. The highest BCUT2D eigenvalue weighted by Gasteiger charge is 2.21. The predicted molar refractivity (Wildman–Crippen MR) is 127 cm³/mol. The molecule has 1 fully saturated rings. The van der Waals surface area contributed by atoms with Gasteiger partial charge >= 0.3 is 0 Å². The molecule has 2 heterocycles. The van der Waals surface area contributed by atoms with Gasteiger partial charge in [-0.15, -0.1) is 24.0 Å². The van der Waals surface area contributed by atoms with E-state index in [1.54, 1.807) is 0 Å². The van der Waals surface area contributed by atoms with Crippen molar-refractivity contribution in [2.24, 2.45) is 4.99 Å². The van der Waals surface area contributed by atoms with E-state index in [-0.39, 0.29) is 24.0 Å². The number of aryl methyl sites for hydroxylation is 2. The van der Waals surface area contributed by atoms with Gasteiger partial charge in [0.15, 0.2) is 5.96 Å².